The Morgan fingerprint density at radius 2 is 1.77 bits per heavy atom. The smallest absolute Gasteiger partial charge is 0.253 e. The maximum atomic E-state index is 12.9. The summed E-state index contributed by atoms with van der Waals surface area (Å²) in [5, 5.41) is 12.7. The van der Waals surface area contributed by atoms with Gasteiger partial charge in [-0.3, -0.25) is 4.79 Å². The molecule has 3 aromatic rings. The Hall–Kier alpha value is -3.20. The van der Waals surface area contributed by atoms with Gasteiger partial charge in [0.25, 0.3) is 5.91 Å². The van der Waals surface area contributed by atoms with Crippen molar-refractivity contribution in [2.75, 3.05) is 56.2 Å². The molecule has 9 heteroatoms. The van der Waals surface area contributed by atoms with Crippen molar-refractivity contribution in [1.29, 1.82) is 0 Å². The third kappa shape index (κ3) is 3.35. The summed E-state index contributed by atoms with van der Waals surface area (Å²) in [4.78, 5) is 19.2. The fourth-order valence-electron chi connectivity index (χ4n) is 3.95. The van der Waals surface area contributed by atoms with Crippen LogP contribution in [-0.4, -0.2) is 83.1 Å². The number of benzene rings is 1. The molecule has 156 valence electrons. The molecule has 30 heavy (non-hydrogen) atoms. The molecular formula is C21H25N7O2. The molecule has 4 heterocycles. The van der Waals surface area contributed by atoms with E-state index in [0.717, 1.165) is 62.4 Å². The average Bonchev–Trinajstić information content (AvgIpc) is 3.13. The number of aromatic nitrogens is 4. The molecule has 0 saturated carbocycles. The van der Waals surface area contributed by atoms with Crippen LogP contribution in [0.4, 0.5) is 11.5 Å². The Labute approximate surface area is 174 Å². The molecule has 0 spiro atoms. The third-order valence-electron chi connectivity index (χ3n) is 5.95. The van der Waals surface area contributed by atoms with E-state index >= 15 is 0 Å². The number of hydrogen-bond donors (Lipinski definition) is 0. The molecule has 1 amide bonds. The standard InChI is InChI=1S/C21H25N7O2/c1-15-22-23-19-7-8-20(24-28(15)19)27-13-18(14-27)25(2)21(29)16-3-5-17(6-4-16)26-9-11-30-12-10-26/h3-8,18H,9-14H2,1-2H3. The van der Waals surface area contributed by atoms with E-state index in [0.29, 0.717) is 5.56 Å². The van der Waals surface area contributed by atoms with Crippen LogP contribution >= 0.6 is 0 Å². The number of ether oxygens (including phenoxy) is 1. The van der Waals surface area contributed by atoms with Gasteiger partial charge in [0.2, 0.25) is 0 Å². The maximum absolute atomic E-state index is 12.9. The molecule has 0 atom stereocenters. The van der Waals surface area contributed by atoms with Gasteiger partial charge < -0.3 is 19.4 Å². The molecule has 1 aromatic carbocycles. The Kier molecular flexibility index (Phi) is 4.74. The molecule has 9 nitrogen and oxygen atoms in total. The number of likely N-dealkylation sites (N-methyl/N-ethyl adjacent to an activating group) is 1. The highest BCUT2D eigenvalue weighted by Crippen LogP contribution is 2.23. The first-order chi connectivity index (χ1) is 14.6. The number of aryl methyl sites for hydroxylation is 1. The summed E-state index contributed by atoms with van der Waals surface area (Å²) in [5.41, 5.74) is 2.59. The number of fused-ring (bicyclic) bond motifs is 1. The van der Waals surface area contributed by atoms with Crippen molar-refractivity contribution < 1.29 is 9.53 Å². The van der Waals surface area contributed by atoms with Crippen LogP contribution in [0.15, 0.2) is 36.4 Å². The number of hydrogen-bond acceptors (Lipinski definition) is 7. The first-order valence-electron chi connectivity index (χ1n) is 10.2. The van der Waals surface area contributed by atoms with Gasteiger partial charge in [-0.15, -0.1) is 15.3 Å². The normalized spacial score (nSPS) is 17.3. The second-order valence-corrected chi connectivity index (χ2v) is 7.83. The molecule has 2 aliphatic heterocycles. The molecule has 5 rings (SSSR count). The zero-order valence-electron chi connectivity index (χ0n) is 17.2. The molecule has 2 saturated heterocycles. The van der Waals surface area contributed by atoms with Crippen molar-refractivity contribution in [2.45, 2.75) is 13.0 Å². The summed E-state index contributed by atoms with van der Waals surface area (Å²) < 4.78 is 7.15. The molecule has 2 fully saturated rings. The Morgan fingerprint density at radius 1 is 1.03 bits per heavy atom. The topological polar surface area (TPSA) is 79.1 Å². The van der Waals surface area contributed by atoms with E-state index in [1.807, 2.05) is 55.3 Å². The number of nitrogens with zero attached hydrogens (tertiary/aromatic N) is 7. The van der Waals surface area contributed by atoms with Gasteiger partial charge in [0.05, 0.1) is 19.3 Å². The molecule has 0 aliphatic carbocycles. The van der Waals surface area contributed by atoms with Gasteiger partial charge in [-0.2, -0.15) is 4.52 Å². The fourth-order valence-corrected chi connectivity index (χ4v) is 3.95. The molecule has 2 aliphatic rings. The van der Waals surface area contributed by atoms with Gasteiger partial charge >= 0.3 is 0 Å². The van der Waals surface area contributed by atoms with E-state index < -0.39 is 0 Å². The second-order valence-electron chi connectivity index (χ2n) is 7.83. The van der Waals surface area contributed by atoms with E-state index in [1.165, 1.54) is 0 Å². The maximum Gasteiger partial charge on any atom is 0.253 e. The van der Waals surface area contributed by atoms with Crippen LogP contribution in [0, 0.1) is 6.92 Å². The number of rotatable bonds is 4. The molecule has 0 bridgehead atoms. The van der Waals surface area contributed by atoms with E-state index in [2.05, 4.69) is 25.1 Å². The molecule has 0 unspecified atom stereocenters. The van der Waals surface area contributed by atoms with Crippen molar-refractivity contribution in [2.24, 2.45) is 0 Å². The lowest BCUT2D eigenvalue weighted by atomic mass is 10.1. The van der Waals surface area contributed by atoms with Gasteiger partial charge in [0.1, 0.15) is 5.82 Å². The lowest BCUT2D eigenvalue weighted by molar-refractivity contribution is 0.0705. The number of morpholine rings is 1. The first kappa shape index (κ1) is 18.8. The number of amides is 1. The minimum absolute atomic E-state index is 0.0474. The number of carbonyl (C=O) groups excluding carboxylic acids is 1. The van der Waals surface area contributed by atoms with E-state index in [-0.39, 0.29) is 11.9 Å². The third-order valence-corrected chi connectivity index (χ3v) is 5.95. The van der Waals surface area contributed by atoms with Gasteiger partial charge in [0, 0.05) is 44.5 Å². The van der Waals surface area contributed by atoms with Crippen LogP contribution in [0.1, 0.15) is 16.2 Å². The SMILES string of the molecule is Cc1nnc2ccc(N3CC(N(C)C(=O)c4ccc(N5CCOCC5)cc4)C3)nn12. The van der Waals surface area contributed by atoms with Crippen molar-refractivity contribution in [3.05, 3.63) is 47.8 Å². The zero-order valence-corrected chi connectivity index (χ0v) is 17.2. The Balaban J connectivity index is 1.21. The monoisotopic (exact) mass is 407 g/mol. The quantitative estimate of drug-likeness (QED) is 0.644. The minimum Gasteiger partial charge on any atom is -0.378 e. The molecule has 0 radical (unpaired) electrons. The van der Waals surface area contributed by atoms with Gasteiger partial charge in [0.15, 0.2) is 11.5 Å². The Bertz CT molecular complexity index is 1050. The Morgan fingerprint density at radius 3 is 2.50 bits per heavy atom. The summed E-state index contributed by atoms with van der Waals surface area (Å²) >= 11 is 0. The summed E-state index contributed by atoms with van der Waals surface area (Å²) in [6, 6.07) is 11.9. The number of anilines is 2. The van der Waals surface area contributed by atoms with Crippen molar-refractivity contribution >= 4 is 23.1 Å². The largest absolute Gasteiger partial charge is 0.378 e. The highest BCUT2D eigenvalue weighted by Gasteiger charge is 2.34. The summed E-state index contributed by atoms with van der Waals surface area (Å²) in [5.74, 6) is 1.68. The molecule has 2 aromatic heterocycles. The van der Waals surface area contributed by atoms with Gasteiger partial charge in [-0.05, 0) is 43.3 Å². The first-order valence-corrected chi connectivity index (χ1v) is 10.2. The van der Waals surface area contributed by atoms with Gasteiger partial charge in [-0.25, -0.2) is 0 Å². The fraction of sp³-hybridized carbons (Fsp3) is 0.429. The van der Waals surface area contributed by atoms with E-state index in [1.54, 1.807) is 4.52 Å². The molecule has 0 N–H and O–H groups in total. The predicted octanol–water partition coefficient (Wildman–Crippen LogP) is 1.23. The second kappa shape index (κ2) is 7.56. The van der Waals surface area contributed by atoms with E-state index in [4.69, 9.17) is 4.74 Å². The minimum atomic E-state index is 0.0474. The summed E-state index contributed by atoms with van der Waals surface area (Å²) in [6.07, 6.45) is 0. The van der Waals surface area contributed by atoms with Crippen LogP contribution in [0.25, 0.3) is 5.65 Å². The predicted molar refractivity (Wildman–Crippen MR) is 113 cm³/mol. The van der Waals surface area contributed by atoms with Crippen molar-refractivity contribution in [1.82, 2.24) is 24.7 Å². The van der Waals surface area contributed by atoms with Crippen LogP contribution < -0.4 is 9.80 Å². The zero-order chi connectivity index (χ0) is 20.7. The van der Waals surface area contributed by atoms with E-state index in [9.17, 15) is 4.79 Å². The van der Waals surface area contributed by atoms with Crippen LogP contribution in [0.2, 0.25) is 0 Å². The van der Waals surface area contributed by atoms with Crippen LogP contribution in [0.3, 0.4) is 0 Å². The summed E-state index contributed by atoms with van der Waals surface area (Å²) in [6.45, 7) is 6.67. The summed E-state index contributed by atoms with van der Waals surface area (Å²) in [7, 11) is 1.88. The average molecular weight is 407 g/mol. The van der Waals surface area contributed by atoms with Gasteiger partial charge in [-0.1, -0.05) is 0 Å². The lowest BCUT2D eigenvalue weighted by Gasteiger charge is -2.44. The number of carbonyl (C=O) groups is 1. The molecular weight excluding hydrogens is 382 g/mol. The van der Waals surface area contributed by atoms with Crippen molar-refractivity contribution in [3.63, 3.8) is 0 Å². The van der Waals surface area contributed by atoms with Crippen LogP contribution in [-0.2, 0) is 4.74 Å². The van der Waals surface area contributed by atoms with Crippen LogP contribution in [0.5, 0.6) is 0 Å². The lowest BCUT2D eigenvalue weighted by Crippen LogP contribution is -2.60. The highest BCUT2D eigenvalue weighted by molar-refractivity contribution is 5.94. The van der Waals surface area contributed by atoms with Crippen molar-refractivity contribution in [3.8, 4) is 0 Å². The highest BCUT2D eigenvalue weighted by atomic mass is 16.5.